The first-order valence-corrected chi connectivity index (χ1v) is 7.35. The molecule has 2 rings (SSSR count). The lowest BCUT2D eigenvalue weighted by Crippen LogP contribution is -2.47. The van der Waals surface area contributed by atoms with Gasteiger partial charge in [0.05, 0.1) is 5.69 Å². The van der Waals surface area contributed by atoms with Gasteiger partial charge >= 0.3 is 12.1 Å². The highest BCUT2D eigenvalue weighted by Gasteiger charge is 2.54. The van der Waals surface area contributed by atoms with Gasteiger partial charge in [-0.15, -0.1) is 0 Å². The molecule has 0 amide bonds. The van der Waals surface area contributed by atoms with E-state index >= 15 is 0 Å². The van der Waals surface area contributed by atoms with Crippen molar-refractivity contribution in [2.75, 3.05) is 0 Å². The third kappa shape index (κ3) is 3.39. The van der Waals surface area contributed by atoms with Crippen LogP contribution in [0.15, 0.2) is 0 Å². The first-order valence-electron chi connectivity index (χ1n) is 7.35. The number of hydrogen-bond acceptors (Lipinski definition) is 2. The van der Waals surface area contributed by atoms with E-state index < -0.39 is 58.7 Å². The van der Waals surface area contributed by atoms with Crippen LogP contribution >= 0.6 is 0 Å². The SMILES string of the molecule is CC1(Cn2nc(C(C)(C)C)c(C(F)(F)F)c2C(=O)O)CC(F)(F)C1. The Morgan fingerprint density at radius 1 is 1.25 bits per heavy atom. The summed E-state index contributed by atoms with van der Waals surface area (Å²) in [5.74, 6) is -4.65. The summed E-state index contributed by atoms with van der Waals surface area (Å²) in [6, 6.07) is 0. The van der Waals surface area contributed by atoms with Gasteiger partial charge in [-0.05, 0) is 5.41 Å². The fourth-order valence-corrected chi connectivity index (χ4v) is 3.26. The predicted molar refractivity (Wildman–Crippen MR) is 75.2 cm³/mol. The van der Waals surface area contributed by atoms with Gasteiger partial charge in [0.15, 0.2) is 5.69 Å². The molecular formula is C15H19F5N2O2. The topological polar surface area (TPSA) is 55.1 Å². The number of rotatable bonds is 3. The highest BCUT2D eigenvalue weighted by atomic mass is 19.4. The summed E-state index contributed by atoms with van der Waals surface area (Å²) < 4.78 is 67.3. The van der Waals surface area contributed by atoms with Crippen molar-refractivity contribution in [3.63, 3.8) is 0 Å². The Labute approximate surface area is 135 Å². The molecule has 1 aliphatic rings. The van der Waals surface area contributed by atoms with E-state index in [-0.39, 0.29) is 6.54 Å². The van der Waals surface area contributed by atoms with Gasteiger partial charge < -0.3 is 5.11 Å². The number of hydrogen-bond donors (Lipinski definition) is 1. The molecule has 0 bridgehead atoms. The normalized spacial score (nSPS) is 19.9. The fourth-order valence-electron chi connectivity index (χ4n) is 3.26. The molecule has 136 valence electrons. The second kappa shape index (κ2) is 5.16. The van der Waals surface area contributed by atoms with Crippen LogP contribution in [0.1, 0.15) is 62.3 Å². The van der Waals surface area contributed by atoms with Crippen LogP contribution in [0.5, 0.6) is 0 Å². The molecule has 1 aromatic heterocycles. The van der Waals surface area contributed by atoms with Crippen LogP contribution < -0.4 is 0 Å². The predicted octanol–water partition coefficient (Wildman–Crippen LogP) is 4.33. The number of alkyl halides is 5. The number of aromatic nitrogens is 2. The molecule has 0 atom stereocenters. The van der Waals surface area contributed by atoms with E-state index in [9.17, 15) is 31.9 Å². The summed E-state index contributed by atoms with van der Waals surface area (Å²) in [4.78, 5) is 11.4. The number of carboxylic acids is 1. The van der Waals surface area contributed by atoms with Crippen molar-refractivity contribution in [1.82, 2.24) is 9.78 Å². The molecule has 1 saturated carbocycles. The van der Waals surface area contributed by atoms with Crippen molar-refractivity contribution < 1.29 is 31.9 Å². The molecule has 9 heteroatoms. The Morgan fingerprint density at radius 3 is 2.08 bits per heavy atom. The fraction of sp³-hybridized carbons (Fsp3) is 0.733. The van der Waals surface area contributed by atoms with E-state index in [1.165, 1.54) is 27.7 Å². The Hall–Kier alpha value is -1.67. The molecule has 1 aliphatic carbocycles. The van der Waals surface area contributed by atoms with Crippen LogP contribution in [-0.2, 0) is 18.1 Å². The zero-order valence-electron chi connectivity index (χ0n) is 13.8. The van der Waals surface area contributed by atoms with Gasteiger partial charge in [-0.1, -0.05) is 27.7 Å². The number of halogens is 5. The second-order valence-corrected chi connectivity index (χ2v) is 7.80. The van der Waals surface area contributed by atoms with Gasteiger partial charge in [0, 0.05) is 24.8 Å². The molecule has 0 saturated heterocycles. The van der Waals surface area contributed by atoms with E-state index in [1.807, 2.05) is 0 Å². The van der Waals surface area contributed by atoms with Crippen molar-refractivity contribution >= 4 is 5.97 Å². The summed E-state index contributed by atoms with van der Waals surface area (Å²) in [5.41, 5.74) is -4.74. The Kier molecular flexibility index (Phi) is 4.01. The van der Waals surface area contributed by atoms with E-state index in [2.05, 4.69) is 5.10 Å². The van der Waals surface area contributed by atoms with Crippen LogP contribution in [0.25, 0.3) is 0 Å². The van der Waals surface area contributed by atoms with Gasteiger partial charge in [-0.25, -0.2) is 13.6 Å². The lowest BCUT2D eigenvalue weighted by atomic mass is 9.67. The van der Waals surface area contributed by atoms with Crippen molar-refractivity contribution in [3.8, 4) is 0 Å². The van der Waals surface area contributed by atoms with Gasteiger partial charge in [0.25, 0.3) is 0 Å². The van der Waals surface area contributed by atoms with Crippen molar-refractivity contribution in [2.45, 2.75) is 64.6 Å². The zero-order chi connectivity index (χ0) is 18.7. The molecular weight excluding hydrogens is 335 g/mol. The minimum Gasteiger partial charge on any atom is -0.477 e. The number of carboxylic acid groups (broad SMARTS) is 1. The summed E-state index contributed by atoms with van der Waals surface area (Å²) in [7, 11) is 0. The van der Waals surface area contributed by atoms with Crippen LogP contribution in [0.4, 0.5) is 22.0 Å². The summed E-state index contributed by atoms with van der Waals surface area (Å²) >= 11 is 0. The first kappa shape index (κ1) is 18.7. The van der Waals surface area contributed by atoms with Crippen LogP contribution in [-0.4, -0.2) is 26.8 Å². The summed E-state index contributed by atoms with van der Waals surface area (Å²) in [5, 5.41) is 13.1. The van der Waals surface area contributed by atoms with Crippen molar-refractivity contribution in [1.29, 1.82) is 0 Å². The Bertz CT molecular complexity index is 663. The first-order chi connectivity index (χ1) is 10.6. The van der Waals surface area contributed by atoms with Crippen molar-refractivity contribution in [3.05, 3.63) is 17.0 Å². The molecule has 0 spiro atoms. The molecule has 1 aromatic rings. The van der Waals surface area contributed by atoms with Crippen molar-refractivity contribution in [2.24, 2.45) is 5.41 Å². The molecule has 4 nitrogen and oxygen atoms in total. The molecule has 0 aliphatic heterocycles. The maximum Gasteiger partial charge on any atom is 0.420 e. The number of carbonyl (C=O) groups is 1. The molecule has 0 radical (unpaired) electrons. The molecule has 24 heavy (non-hydrogen) atoms. The molecule has 1 fully saturated rings. The summed E-state index contributed by atoms with van der Waals surface area (Å²) in [6.45, 7) is 5.64. The lowest BCUT2D eigenvalue weighted by Gasteiger charge is -2.44. The summed E-state index contributed by atoms with van der Waals surface area (Å²) in [6.07, 6.45) is -5.92. The minimum atomic E-state index is -4.90. The van der Waals surface area contributed by atoms with E-state index in [0.29, 0.717) is 0 Å². The highest BCUT2D eigenvalue weighted by molar-refractivity contribution is 5.88. The highest BCUT2D eigenvalue weighted by Crippen LogP contribution is 2.53. The molecule has 0 aromatic carbocycles. The maximum atomic E-state index is 13.4. The van der Waals surface area contributed by atoms with E-state index in [1.54, 1.807) is 0 Å². The average Bonchev–Trinajstić information content (AvgIpc) is 2.63. The largest absolute Gasteiger partial charge is 0.477 e. The van der Waals surface area contributed by atoms with Gasteiger partial charge in [-0.2, -0.15) is 18.3 Å². The third-order valence-electron chi connectivity index (χ3n) is 4.05. The Balaban J connectivity index is 2.57. The van der Waals surface area contributed by atoms with Gasteiger partial charge in [0.2, 0.25) is 5.92 Å². The zero-order valence-corrected chi connectivity index (χ0v) is 13.8. The molecule has 0 unspecified atom stereocenters. The van der Waals surface area contributed by atoms with Crippen LogP contribution in [0.2, 0.25) is 0 Å². The quantitative estimate of drug-likeness (QED) is 0.822. The van der Waals surface area contributed by atoms with Gasteiger partial charge in [0.1, 0.15) is 5.56 Å². The third-order valence-corrected chi connectivity index (χ3v) is 4.05. The standard InChI is InChI=1S/C15H19F5N2O2/c1-12(2,3)10-8(15(18,19)20)9(11(23)24)22(21-10)7-13(4)5-14(16,17)6-13/h5-7H2,1-4H3,(H,23,24). The van der Waals surface area contributed by atoms with E-state index in [4.69, 9.17) is 0 Å². The van der Waals surface area contributed by atoms with Crippen LogP contribution in [0, 0.1) is 5.41 Å². The second-order valence-electron chi connectivity index (χ2n) is 7.80. The molecule has 1 N–H and O–H groups in total. The average molecular weight is 354 g/mol. The smallest absolute Gasteiger partial charge is 0.420 e. The number of aromatic carboxylic acids is 1. The maximum absolute atomic E-state index is 13.4. The number of nitrogens with zero attached hydrogens (tertiary/aromatic N) is 2. The Morgan fingerprint density at radius 2 is 1.75 bits per heavy atom. The molecule has 1 heterocycles. The van der Waals surface area contributed by atoms with Crippen LogP contribution in [0.3, 0.4) is 0 Å². The van der Waals surface area contributed by atoms with Gasteiger partial charge in [-0.3, -0.25) is 4.68 Å². The lowest BCUT2D eigenvalue weighted by molar-refractivity contribution is -0.160. The van der Waals surface area contributed by atoms with E-state index in [0.717, 1.165) is 4.68 Å². The minimum absolute atomic E-state index is 0.302. The monoisotopic (exact) mass is 354 g/mol.